The number of nitrogens with one attached hydrogen (secondary N) is 1. The van der Waals surface area contributed by atoms with Crippen LogP contribution in [0.1, 0.15) is 30.4 Å². The van der Waals surface area contributed by atoms with Crippen LogP contribution in [-0.4, -0.2) is 16.7 Å². The number of para-hydroxylation sites is 1. The summed E-state index contributed by atoms with van der Waals surface area (Å²) in [6.45, 7) is 3.09. The number of carbonyl (C=O) groups is 1. The van der Waals surface area contributed by atoms with Gasteiger partial charge in [-0.15, -0.1) is 0 Å². The van der Waals surface area contributed by atoms with E-state index in [-0.39, 0.29) is 11.8 Å². The van der Waals surface area contributed by atoms with Gasteiger partial charge < -0.3 is 4.57 Å². The molecule has 1 N–H and O–H groups in total. The second-order valence-corrected chi connectivity index (χ2v) is 7.63. The Balaban J connectivity index is 1.32. The minimum Gasteiger partial charge on any atom is -0.341 e. The molecule has 1 saturated carbocycles. The van der Waals surface area contributed by atoms with Crippen molar-refractivity contribution in [3.8, 4) is 0 Å². The quantitative estimate of drug-likeness (QED) is 0.381. The Morgan fingerprint density at radius 1 is 1.03 bits per heavy atom. The number of hydrogen-bond acceptors (Lipinski definition) is 2. The minimum atomic E-state index is -0.00114. The molecule has 144 valence electrons. The van der Waals surface area contributed by atoms with Crippen LogP contribution in [0.15, 0.2) is 77.9 Å². The summed E-state index contributed by atoms with van der Waals surface area (Å²) in [6.07, 6.45) is 2.63. The number of fused-ring (bicyclic) bond motifs is 3. The van der Waals surface area contributed by atoms with Crippen molar-refractivity contribution in [1.29, 1.82) is 0 Å². The van der Waals surface area contributed by atoms with Gasteiger partial charge in [0, 0.05) is 34.3 Å². The van der Waals surface area contributed by atoms with E-state index in [4.69, 9.17) is 0 Å². The predicted molar refractivity (Wildman–Crippen MR) is 118 cm³/mol. The first-order valence-electron chi connectivity index (χ1n) is 10.1. The molecule has 0 saturated heterocycles. The van der Waals surface area contributed by atoms with E-state index >= 15 is 0 Å². The summed E-state index contributed by atoms with van der Waals surface area (Å²) in [6, 6.07) is 25.0. The van der Waals surface area contributed by atoms with E-state index in [0.717, 1.165) is 18.5 Å². The van der Waals surface area contributed by atoms with Gasteiger partial charge in [-0.1, -0.05) is 54.6 Å². The summed E-state index contributed by atoms with van der Waals surface area (Å²) in [5.41, 5.74) is 7.39. The van der Waals surface area contributed by atoms with Crippen LogP contribution in [0.3, 0.4) is 0 Å². The second-order valence-electron chi connectivity index (χ2n) is 7.63. The van der Waals surface area contributed by atoms with Crippen molar-refractivity contribution < 1.29 is 4.79 Å². The van der Waals surface area contributed by atoms with Crippen molar-refractivity contribution in [1.82, 2.24) is 9.99 Å². The van der Waals surface area contributed by atoms with E-state index in [9.17, 15) is 4.79 Å². The van der Waals surface area contributed by atoms with Crippen molar-refractivity contribution in [2.24, 2.45) is 11.0 Å². The third-order valence-electron chi connectivity index (χ3n) is 5.86. The van der Waals surface area contributed by atoms with Gasteiger partial charge in [-0.25, -0.2) is 5.43 Å². The number of hydrogen-bond donors (Lipinski definition) is 1. The van der Waals surface area contributed by atoms with Crippen LogP contribution >= 0.6 is 0 Å². The van der Waals surface area contributed by atoms with E-state index in [1.165, 1.54) is 27.4 Å². The Hall–Kier alpha value is -3.40. The number of benzene rings is 3. The fraction of sp³-hybridized carbons (Fsp3) is 0.200. The molecule has 0 aliphatic heterocycles. The van der Waals surface area contributed by atoms with Gasteiger partial charge in [0.1, 0.15) is 0 Å². The number of carbonyl (C=O) groups excluding carboxylic acids is 1. The van der Waals surface area contributed by atoms with Crippen molar-refractivity contribution in [3.05, 3.63) is 83.9 Å². The van der Waals surface area contributed by atoms with Crippen molar-refractivity contribution in [2.45, 2.75) is 25.8 Å². The predicted octanol–water partition coefficient (Wildman–Crippen LogP) is 5.07. The molecular formula is C25H23N3O. The van der Waals surface area contributed by atoms with E-state index in [1.807, 2.05) is 24.3 Å². The van der Waals surface area contributed by atoms with Crippen molar-refractivity contribution in [3.63, 3.8) is 0 Å². The number of nitrogens with zero attached hydrogens (tertiary/aromatic N) is 2. The van der Waals surface area contributed by atoms with Crippen LogP contribution in [0.25, 0.3) is 21.8 Å². The molecule has 29 heavy (non-hydrogen) atoms. The lowest BCUT2D eigenvalue weighted by Crippen LogP contribution is -2.20. The lowest BCUT2D eigenvalue weighted by Gasteiger charge is -2.03. The van der Waals surface area contributed by atoms with Crippen molar-refractivity contribution >= 4 is 33.9 Å². The first-order valence-corrected chi connectivity index (χ1v) is 10.1. The van der Waals surface area contributed by atoms with Gasteiger partial charge in [-0.2, -0.15) is 5.10 Å². The van der Waals surface area contributed by atoms with E-state index in [0.29, 0.717) is 5.92 Å². The zero-order valence-electron chi connectivity index (χ0n) is 16.4. The maximum Gasteiger partial charge on any atom is 0.243 e. The van der Waals surface area contributed by atoms with Gasteiger partial charge in [0.05, 0.1) is 6.21 Å². The molecule has 0 spiro atoms. The number of hydrazone groups is 1. The summed E-state index contributed by atoms with van der Waals surface area (Å²) >= 11 is 0. The highest BCUT2D eigenvalue weighted by atomic mass is 16.2. The van der Waals surface area contributed by atoms with Gasteiger partial charge in [-0.3, -0.25) is 4.79 Å². The molecule has 3 aromatic carbocycles. The number of rotatable bonds is 5. The molecule has 0 unspecified atom stereocenters. The van der Waals surface area contributed by atoms with E-state index < -0.39 is 0 Å². The molecule has 2 atom stereocenters. The molecule has 1 aliphatic carbocycles. The van der Waals surface area contributed by atoms with Crippen LogP contribution in [0, 0.1) is 5.92 Å². The molecule has 1 aliphatic rings. The van der Waals surface area contributed by atoms with Crippen molar-refractivity contribution in [2.75, 3.05) is 0 Å². The summed E-state index contributed by atoms with van der Waals surface area (Å²) in [4.78, 5) is 12.4. The smallest absolute Gasteiger partial charge is 0.243 e. The van der Waals surface area contributed by atoms with Gasteiger partial charge >= 0.3 is 0 Å². The van der Waals surface area contributed by atoms with E-state index in [1.54, 1.807) is 6.21 Å². The fourth-order valence-corrected chi connectivity index (χ4v) is 4.30. The van der Waals surface area contributed by atoms with Crippen LogP contribution < -0.4 is 5.43 Å². The monoisotopic (exact) mass is 381 g/mol. The fourth-order valence-electron chi connectivity index (χ4n) is 4.30. The molecular weight excluding hydrogens is 358 g/mol. The molecule has 4 heteroatoms. The zero-order valence-corrected chi connectivity index (χ0v) is 16.4. The maximum absolute atomic E-state index is 12.4. The molecule has 1 amide bonds. The van der Waals surface area contributed by atoms with Crippen LogP contribution in [0.2, 0.25) is 0 Å². The SMILES string of the molecule is CCn1c2ccccc2c2cc(/C=N\NC(=O)[C@@H]3C[C@@H]3c3ccccc3)ccc21. The highest BCUT2D eigenvalue weighted by molar-refractivity contribution is 6.09. The normalized spacial score (nSPS) is 18.5. The number of amides is 1. The minimum absolute atomic E-state index is 0.00114. The van der Waals surface area contributed by atoms with Crippen LogP contribution in [0.4, 0.5) is 0 Å². The topological polar surface area (TPSA) is 46.4 Å². The molecule has 5 rings (SSSR count). The van der Waals surface area contributed by atoms with Gasteiger partial charge in [0.2, 0.25) is 5.91 Å². The number of aryl methyl sites for hydroxylation is 1. The molecule has 1 heterocycles. The Kier molecular flexibility index (Phi) is 4.39. The van der Waals surface area contributed by atoms with Crippen LogP contribution in [-0.2, 0) is 11.3 Å². The molecule has 0 bridgehead atoms. The largest absolute Gasteiger partial charge is 0.341 e. The Bertz CT molecular complexity index is 1220. The highest BCUT2D eigenvalue weighted by Gasteiger charge is 2.43. The Labute approximate surface area is 169 Å². The summed E-state index contributed by atoms with van der Waals surface area (Å²) in [7, 11) is 0. The molecule has 4 nitrogen and oxygen atoms in total. The third-order valence-corrected chi connectivity index (χ3v) is 5.86. The third kappa shape index (κ3) is 3.21. The lowest BCUT2D eigenvalue weighted by atomic mass is 10.1. The summed E-state index contributed by atoms with van der Waals surface area (Å²) in [5.74, 6) is 0.348. The molecule has 1 aromatic heterocycles. The zero-order chi connectivity index (χ0) is 19.8. The summed E-state index contributed by atoms with van der Waals surface area (Å²) in [5, 5.41) is 6.67. The first-order chi connectivity index (χ1) is 14.3. The van der Waals surface area contributed by atoms with Gasteiger partial charge in [0.15, 0.2) is 0 Å². The second kappa shape index (κ2) is 7.21. The lowest BCUT2D eigenvalue weighted by molar-refractivity contribution is -0.122. The van der Waals surface area contributed by atoms with Gasteiger partial charge in [-0.05, 0) is 48.6 Å². The molecule has 0 radical (unpaired) electrons. The molecule has 1 fully saturated rings. The van der Waals surface area contributed by atoms with Gasteiger partial charge in [0.25, 0.3) is 0 Å². The van der Waals surface area contributed by atoms with E-state index in [2.05, 4.69) is 70.5 Å². The highest BCUT2D eigenvalue weighted by Crippen LogP contribution is 2.47. The number of aromatic nitrogens is 1. The molecule has 4 aromatic rings. The average molecular weight is 381 g/mol. The van der Waals surface area contributed by atoms with Crippen LogP contribution in [0.5, 0.6) is 0 Å². The maximum atomic E-state index is 12.4. The average Bonchev–Trinajstić information content (AvgIpc) is 3.51. The Morgan fingerprint density at radius 2 is 1.79 bits per heavy atom. The Morgan fingerprint density at radius 3 is 2.62 bits per heavy atom. The first kappa shape index (κ1) is 17.7. The summed E-state index contributed by atoms with van der Waals surface area (Å²) < 4.78 is 2.32. The standard InChI is InChI=1S/C25H23N3O/c1-2-28-23-11-7-6-10-19(23)21-14-17(12-13-24(21)28)16-26-27-25(29)22-15-20(22)18-8-4-3-5-9-18/h3-14,16,20,22H,2,15H2,1H3,(H,27,29)/b26-16-/t20-,22-/m1/s1.